The topological polar surface area (TPSA) is 29.9 Å². The van der Waals surface area contributed by atoms with E-state index in [1.54, 1.807) is 11.3 Å². The highest BCUT2D eigenvalue weighted by molar-refractivity contribution is 7.07. The summed E-state index contributed by atoms with van der Waals surface area (Å²) in [6.45, 7) is 7.63. The molecule has 0 aliphatic rings. The van der Waals surface area contributed by atoms with Gasteiger partial charge in [0.1, 0.15) is 0 Å². The van der Waals surface area contributed by atoms with Gasteiger partial charge in [-0.15, -0.1) is 0 Å². The molecule has 1 unspecified atom stereocenters. The van der Waals surface area contributed by atoms with Crippen molar-refractivity contribution in [1.29, 1.82) is 0 Å². The molecule has 0 aliphatic heterocycles. The second-order valence-corrected chi connectivity index (χ2v) is 6.33. The highest BCUT2D eigenvalue weighted by Crippen LogP contribution is 2.16. The van der Waals surface area contributed by atoms with Crippen molar-refractivity contribution in [2.75, 3.05) is 6.54 Å². The smallest absolute Gasteiger partial charge is 0.0640 e. The van der Waals surface area contributed by atoms with Gasteiger partial charge in [0.2, 0.25) is 0 Å². The lowest BCUT2D eigenvalue weighted by Crippen LogP contribution is -2.33. The highest BCUT2D eigenvalue weighted by atomic mass is 32.1. The molecule has 2 aromatic rings. The average Bonchev–Trinajstić information content (AvgIpc) is 3.13. The van der Waals surface area contributed by atoms with Gasteiger partial charge in [-0.25, -0.2) is 0 Å². The van der Waals surface area contributed by atoms with E-state index in [4.69, 9.17) is 5.10 Å². The monoisotopic (exact) mass is 305 g/mol. The largest absolute Gasteiger partial charge is 0.314 e. The molecule has 4 heteroatoms. The van der Waals surface area contributed by atoms with E-state index >= 15 is 0 Å². The summed E-state index contributed by atoms with van der Waals surface area (Å²) in [7, 11) is 0. The summed E-state index contributed by atoms with van der Waals surface area (Å²) in [5, 5.41) is 12.8. The lowest BCUT2D eigenvalue weighted by atomic mass is 10.0. The molecule has 0 radical (unpaired) electrons. The van der Waals surface area contributed by atoms with Gasteiger partial charge in [0.05, 0.1) is 11.7 Å². The van der Waals surface area contributed by atoms with E-state index < -0.39 is 0 Å². The summed E-state index contributed by atoms with van der Waals surface area (Å²) in [4.78, 5) is 0. The molecule has 0 saturated carbocycles. The van der Waals surface area contributed by atoms with E-state index in [1.807, 2.05) is 0 Å². The molecular formula is C17H27N3S. The maximum Gasteiger partial charge on any atom is 0.0640 e. The average molecular weight is 305 g/mol. The third kappa shape index (κ3) is 4.68. The molecule has 3 nitrogen and oxygen atoms in total. The van der Waals surface area contributed by atoms with Crippen LogP contribution < -0.4 is 5.32 Å². The van der Waals surface area contributed by atoms with Crippen LogP contribution in [0.4, 0.5) is 0 Å². The first kappa shape index (κ1) is 16.2. The Labute approximate surface area is 132 Å². The highest BCUT2D eigenvalue weighted by Gasteiger charge is 2.13. The maximum absolute atomic E-state index is 4.78. The SMILES string of the molecule is CCNC(Cc1ccsc1)Cc1ccn(C(CC)CC)n1. The third-order valence-electron chi connectivity index (χ3n) is 3.99. The first-order chi connectivity index (χ1) is 10.3. The van der Waals surface area contributed by atoms with Crippen LogP contribution in [0.25, 0.3) is 0 Å². The fourth-order valence-corrected chi connectivity index (χ4v) is 3.48. The van der Waals surface area contributed by atoms with Gasteiger partial charge >= 0.3 is 0 Å². The van der Waals surface area contributed by atoms with Gasteiger partial charge in [-0.2, -0.15) is 16.4 Å². The summed E-state index contributed by atoms with van der Waals surface area (Å²) >= 11 is 1.77. The number of nitrogens with zero attached hydrogens (tertiary/aromatic N) is 2. The van der Waals surface area contributed by atoms with Crippen LogP contribution in [0.15, 0.2) is 29.1 Å². The number of hydrogen-bond acceptors (Lipinski definition) is 3. The quantitative estimate of drug-likeness (QED) is 0.757. The van der Waals surface area contributed by atoms with Crippen molar-refractivity contribution in [1.82, 2.24) is 15.1 Å². The fourth-order valence-electron chi connectivity index (χ4n) is 2.80. The molecule has 0 aromatic carbocycles. The van der Waals surface area contributed by atoms with Crippen molar-refractivity contribution in [2.24, 2.45) is 0 Å². The standard InChI is InChI=1S/C17H27N3S/c1-4-17(5-2)20-9-7-15(19-20)12-16(18-6-3)11-14-8-10-21-13-14/h7-10,13,16-18H,4-6,11-12H2,1-3H3. The van der Waals surface area contributed by atoms with Gasteiger partial charge in [-0.1, -0.05) is 20.8 Å². The first-order valence-electron chi connectivity index (χ1n) is 8.05. The van der Waals surface area contributed by atoms with Crippen LogP contribution in [0.3, 0.4) is 0 Å². The molecule has 0 bridgehead atoms. The fraction of sp³-hybridized carbons (Fsp3) is 0.588. The minimum absolute atomic E-state index is 0.467. The first-order valence-corrected chi connectivity index (χ1v) is 8.99. The van der Waals surface area contributed by atoms with Crippen molar-refractivity contribution in [3.63, 3.8) is 0 Å². The lowest BCUT2D eigenvalue weighted by Gasteiger charge is -2.16. The van der Waals surface area contributed by atoms with Gasteiger partial charge < -0.3 is 5.32 Å². The van der Waals surface area contributed by atoms with Gasteiger partial charge in [-0.3, -0.25) is 4.68 Å². The zero-order chi connectivity index (χ0) is 15.1. The van der Waals surface area contributed by atoms with Crippen molar-refractivity contribution in [3.8, 4) is 0 Å². The Balaban J connectivity index is 1.99. The van der Waals surface area contributed by atoms with Crippen molar-refractivity contribution in [2.45, 2.75) is 58.5 Å². The van der Waals surface area contributed by atoms with Gasteiger partial charge in [0, 0.05) is 18.7 Å². The molecule has 0 spiro atoms. The van der Waals surface area contributed by atoms with Crippen molar-refractivity contribution in [3.05, 3.63) is 40.3 Å². The van der Waals surface area contributed by atoms with Crippen molar-refractivity contribution >= 4 is 11.3 Å². The number of hydrogen-bond donors (Lipinski definition) is 1. The number of nitrogens with one attached hydrogen (secondary N) is 1. The van der Waals surface area contributed by atoms with Gasteiger partial charge in [-0.05, 0) is 54.3 Å². The summed E-state index contributed by atoms with van der Waals surface area (Å²) in [6, 6.07) is 5.40. The second-order valence-electron chi connectivity index (χ2n) is 5.55. The molecule has 2 heterocycles. The molecule has 2 aromatic heterocycles. The molecule has 1 N–H and O–H groups in total. The van der Waals surface area contributed by atoms with Crippen LogP contribution >= 0.6 is 11.3 Å². The Morgan fingerprint density at radius 1 is 1.19 bits per heavy atom. The third-order valence-corrected chi connectivity index (χ3v) is 4.72. The van der Waals surface area contributed by atoms with Gasteiger partial charge in [0.15, 0.2) is 0 Å². The summed E-state index contributed by atoms with van der Waals surface area (Å²) < 4.78 is 2.14. The van der Waals surface area contributed by atoms with Crippen molar-refractivity contribution < 1.29 is 0 Å². The summed E-state index contributed by atoms with van der Waals surface area (Å²) in [5.74, 6) is 0. The maximum atomic E-state index is 4.78. The zero-order valence-corrected chi connectivity index (χ0v) is 14.2. The lowest BCUT2D eigenvalue weighted by molar-refractivity contribution is 0.422. The second kappa shape index (κ2) is 8.35. The van der Waals surface area contributed by atoms with Crippen LogP contribution in [-0.4, -0.2) is 22.4 Å². The Morgan fingerprint density at radius 2 is 2.00 bits per heavy atom. The van der Waals surface area contributed by atoms with E-state index in [9.17, 15) is 0 Å². The Kier molecular flexibility index (Phi) is 6.46. The Hall–Kier alpha value is -1.13. The van der Waals surface area contributed by atoms with E-state index in [0.717, 1.165) is 32.2 Å². The Bertz CT molecular complexity index is 500. The minimum Gasteiger partial charge on any atom is -0.314 e. The van der Waals surface area contributed by atoms with Crippen LogP contribution in [0.5, 0.6) is 0 Å². The van der Waals surface area contributed by atoms with E-state index in [1.165, 1.54) is 11.3 Å². The molecule has 116 valence electrons. The van der Waals surface area contributed by atoms with Crippen LogP contribution in [0, 0.1) is 0 Å². The molecule has 2 rings (SSSR count). The summed E-state index contributed by atoms with van der Waals surface area (Å²) in [5.41, 5.74) is 2.62. The molecular weight excluding hydrogens is 278 g/mol. The normalized spacial score (nSPS) is 13.0. The molecule has 1 atom stereocenters. The van der Waals surface area contributed by atoms with E-state index in [0.29, 0.717) is 12.1 Å². The zero-order valence-electron chi connectivity index (χ0n) is 13.4. The number of likely N-dealkylation sites (N-methyl/N-ethyl adjacent to an activating group) is 1. The molecule has 0 saturated heterocycles. The minimum atomic E-state index is 0.467. The summed E-state index contributed by atoms with van der Waals surface area (Å²) in [6.07, 6.45) is 6.50. The predicted octanol–water partition coefficient (Wildman–Crippen LogP) is 4.07. The van der Waals surface area contributed by atoms with Crippen LogP contribution in [-0.2, 0) is 12.8 Å². The van der Waals surface area contributed by atoms with E-state index in [2.05, 4.69) is 59.9 Å². The molecule has 0 amide bonds. The number of aromatic nitrogens is 2. The number of thiophene rings is 1. The van der Waals surface area contributed by atoms with Gasteiger partial charge in [0.25, 0.3) is 0 Å². The molecule has 21 heavy (non-hydrogen) atoms. The van der Waals surface area contributed by atoms with Crippen LogP contribution in [0.1, 0.15) is 50.9 Å². The molecule has 0 aliphatic carbocycles. The van der Waals surface area contributed by atoms with E-state index in [-0.39, 0.29) is 0 Å². The molecule has 0 fully saturated rings. The Morgan fingerprint density at radius 3 is 2.62 bits per heavy atom. The number of rotatable bonds is 9. The van der Waals surface area contributed by atoms with Crippen LogP contribution in [0.2, 0.25) is 0 Å². The predicted molar refractivity (Wildman–Crippen MR) is 91.0 cm³/mol.